The number of aromatic nitrogens is 5. The molecule has 5 heteroatoms. The third-order valence-electron chi connectivity index (χ3n) is 18.3. The Kier molecular flexibility index (Phi) is 24.5. The molecule has 0 aliphatic rings. The molecular weight excluding hydrogens is 1180 g/mol. The van der Waals surface area contributed by atoms with Gasteiger partial charge >= 0.3 is 0 Å². The monoisotopic (exact) mass is 1300 g/mol. The number of aryl methyl sites for hydroxylation is 15. The molecule has 0 saturated heterocycles. The molecule has 512 valence electrons. The van der Waals surface area contributed by atoms with E-state index in [2.05, 4.69) is 311 Å². The molecule has 0 bridgehead atoms. The molecule has 0 aliphatic carbocycles. The zero-order valence-electron chi connectivity index (χ0n) is 70.0. The first-order chi connectivity index (χ1) is 47.1. The van der Waals surface area contributed by atoms with Gasteiger partial charge in [0.15, 0.2) is 31.0 Å². The molecule has 0 aliphatic heterocycles. The Hall–Kier alpha value is -8.15. The summed E-state index contributed by atoms with van der Waals surface area (Å²) in [6.45, 7) is 47.6. The van der Waals surface area contributed by atoms with Crippen molar-refractivity contribution in [1.82, 2.24) is 0 Å². The first kappa shape index (κ1) is 70.2. The highest BCUT2D eigenvalue weighted by molar-refractivity contribution is 5.66. The van der Waals surface area contributed by atoms with E-state index in [1.165, 1.54) is 112 Å². The molecule has 97 heavy (non-hydrogen) atoms. The number of nitrogens with zero attached hydrogens (tertiary/aromatic N) is 5. The first-order valence-electron chi connectivity index (χ1n) is 37.6. The van der Waals surface area contributed by atoms with Gasteiger partial charge in [0.25, 0.3) is 0 Å². The molecule has 5 heterocycles. The second kappa shape index (κ2) is 33.9. The SMILES string of the molecule is Cc1ccc(-c2cc(CC(C)(C)C)c(CC(C)(C)C)c[n+]2C)c(C)c1.Cc1ccc(-c2ccc(C(C)C)c[n+]2C)c(C)c1.Cc1ccccc1-c1cc(C)c(C(C)C)c[n+]1C.[2H]C(C)(C)c1c[n+](C)c(-c2ccccc2C)cc1C.[2H]C([2H])([2H])c1ccc(-c2ccc(C([2H])(C)C)c[n+]2C)c(C)c1. The summed E-state index contributed by atoms with van der Waals surface area (Å²) < 4.78 is 49.7. The molecule has 0 radical (unpaired) electrons. The Balaban J connectivity index is 0.000000202. The summed E-state index contributed by atoms with van der Waals surface area (Å²) in [6, 6.07) is 51.0. The van der Waals surface area contributed by atoms with Gasteiger partial charge in [0.1, 0.15) is 35.2 Å². The van der Waals surface area contributed by atoms with Crippen LogP contribution >= 0.6 is 0 Å². The number of hydrogen-bond donors (Lipinski definition) is 0. The maximum atomic E-state index is 8.21. The summed E-state index contributed by atoms with van der Waals surface area (Å²) in [6.07, 6.45) is 13.1. The number of hydrogen-bond acceptors (Lipinski definition) is 0. The van der Waals surface area contributed by atoms with Crippen LogP contribution in [0.2, 0.25) is 0 Å². The van der Waals surface area contributed by atoms with Crippen molar-refractivity contribution in [1.29, 1.82) is 0 Å². The summed E-state index contributed by atoms with van der Waals surface area (Å²) in [5.74, 6) is -0.0609. The van der Waals surface area contributed by atoms with E-state index in [1.54, 1.807) is 12.1 Å². The Labute approximate surface area is 597 Å². The molecule has 10 rings (SSSR count). The maximum absolute atomic E-state index is 8.21. The Morgan fingerprint density at radius 1 is 0.320 bits per heavy atom. The van der Waals surface area contributed by atoms with Crippen molar-refractivity contribution in [2.45, 2.75) is 203 Å². The van der Waals surface area contributed by atoms with Crippen LogP contribution in [0.25, 0.3) is 56.3 Å². The molecule has 10 aromatic rings. The highest BCUT2D eigenvalue weighted by atomic mass is 14.9. The predicted octanol–water partition coefficient (Wildman–Crippen LogP) is 21.6. The van der Waals surface area contributed by atoms with Gasteiger partial charge in [0.05, 0.1) is 0 Å². The largest absolute Gasteiger partial charge is 0.212 e. The van der Waals surface area contributed by atoms with Gasteiger partial charge in [-0.2, -0.15) is 0 Å². The van der Waals surface area contributed by atoms with Gasteiger partial charge in [0, 0.05) is 92.8 Å². The van der Waals surface area contributed by atoms with E-state index in [1.807, 2.05) is 70.6 Å². The van der Waals surface area contributed by atoms with Crippen LogP contribution in [0.1, 0.15) is 216 Å². The summed E-state index contributed by atoms with van der Waals surface area (Å²) >= 11 is 0. The lowest BCUT2D eigenvalue weighted by atomic mass is 9.81. The average Bonchev–Trinajstić information content (AvgIpc) is 0.811. The first-order valence-corrected chi connectivity index (χ1v) is 35.1. The van der Waals surface area contributed by atoms with Crippen molar-refractivity contribution in [2.24, 2.45) is 46.1 Å². The van der Waals surface area contributed by atoms with Crippen molar-refractivity contribution in [3.8, 4) is 56.3 Å². The summed E-state index contributed by atoms with van der Waals surface area (Å²) in [5.41, 5.74) is 32.5. The lowest BCUT2D eigenvalue weighted by Gasteiger charge is -2.24. The van der Waals surface area contributed by atoms with E-state index >= 15 is 0 Å². The van der Waals surface area contributed by atoms with Crippen molar-refractivity contribution in [3.05, 3.63) is 266 Å². The van der Waals surface area contributed by atoms with Gasteiger partial charge in [-0.05, 0) is 203 Å². The molecule has 5 nitrogen and oxygen atoms in total. The van der Waals surface area contributed by atoms with Crippen LogP contribution in [0.5, 0.6) is 0 Å². The lowest BCUT2D eigenvalue weighted by Crippen LogP contribution is -2.33. The number of pyridine rings is 5. The highest BCUT2D eigenvalue weighted by Crippen LogP contribution is 2.33. The molecule has 0 saturated carbocycles. The minimum atomic E-state index is -2.08. The number of benzene rings is 5. The van der Waals surface area contributed by atoms with Crippen LogP contribution in [0.4, 0.5) is 0 Å². The fraction of sp³-hybridized carbons (Fsp3) is 0.402. The molecular formula is C92H124N5+5. The van der Waals surface area contributed by atoms with E-state index in [0.717, 1.165) is 40.8 Å². The Morgan fingerprint density at radius 2 is 0.680 bits per heavy atom. The topological polar surface area (TPSA) is 19.4 Å². The molecule has 0 amide bonds. The predicted molar refractivity (Wildman–Crippen MR) is 415 cm³/mol. The second-order valence-electron chi connectivity index (χ2n) is 31.0. The third-order valence-corrected chi connectivity index (χ3v) is 18.3. The van der Waals surface area contributed by atoms with Gasteiger partial charge in [-0.25, -0.2) is 22.8 Å². The van der Waals surface area contributed by atoms with Crippen LogP contribution in [0, 0.1) is 80.0 Å². The standard InChI is InChI=1S/C24H36N.4C17H22N/c1-17-10-11-21(18(2)12-17)22-13-19(14-23(3,4)5)20(16-25(22)9)15-24(6,7)8;2*1-12(2)15-7-9-17(18(5)11-15)16-8-6-13(3)10-14(16)4;2*1-12(2)16-11-18(5)17(10-14(16)4)15-9-7-6-8-13(15)3/h10-13,16H,14-15H2,1-9H3;4*6-12H,1-5H3/q5*+1/i;3D3,12D;;12D;. The smallest absolute Gasteiger partial charge is 0.201 e. The maximum Gasteiger partial charge on any atom is 0.212 e. The van der Waals surface area contributed by atoms with E-state index in [9.17, 15) is 0 Å². The normalized spacial score (nSPS) is 12.5. The van der Waals surface area contributed by atoms with Gasteiger partial charge in [-0.15, -0.1) is 0 Å². The van der Waals surface area contributed by atoms with E-state index < -0.39 is 18.6 Å². The molecule has 0 N–H and O–H groups in total. The van der Waals surface area contributed by atoms with Crippen molar-refractivity contribution >= 4 is 0 Å². The van der Waals surface area contributed by atoms with Gasteiger partial charge in [0.2, 0.25) is 28.5 Å². The second-order valence-corrected chi connectivity index (χ2v) is 31.0. The van der Waals surface area contributed by atoms with Crippen LogP contribution in [0.3, 0.4) is 0 Å². The molecule has 5 aromatic carbocycles. The molecule has 0 unspecified atom stereocenters. The summed E-state index contributed by atoms with van der Waals surface area (Å²) in [4.78, 5) is 0. The van der Waals surface area contributed by atoms with Gasteiger partial charge < -0.3 is 0 Å². The van der Waals surface area contributed by atoms with Crippen LogP contribution < -0.4 is 22.8 Å². The van der Waals surface area contributed by atoms with Crippen molar-refractivity contribution in [3.63, 3.8) is 0 Å². The van der Waals surface area contributed by atoms with Gasteiger partial charge in [-0.1, -0.05) is 186 Å². The molecule has 0 atom stereocenters. The molecule has 0 fully saturated rings. The van der Waals surface area contributed by atoms with Crippen LogP contribution in [-0.2, 0) is 48.1 Å². The minimum Gasteiger partial charge on any atom is -0.201 e. The van der Waals surface area contributed by atoms with Crippen molar-refractivity contribution in [2.75, 3.05) is 0 Å². The summed E-state index contributed by atoms with van der Waals surface area (Å²) in [7, 11) is 10.4. The minimum absolute atomic E-state index is 0.284. The third kappa shape index (κ3) is 21.7. The van der Waals surface area contributed by atoms with Crippen LogP contribution in [0.15, 0.2) is 177 Å². The van der Waals surface area contributed by atoms with E-state index in [4.69, 9.17) is 6.85 Å². The van der Waals surface area contributed by atoms with Crippen LogP contribution in [-0.4, -0.2) is 0 Å². The lowest BCUT2D eigenvalue weighted by molar-refractivity contribution is -0.661. The summed E-state index contributed by atoms with van der Waals surface area (Å²) in [5, 5.41) is 0. The molecule has 5 aromatic heterocycles. The molecule has 0 spiro atoms. The zero-order valence-corrected chi connectivity index (χ0v) is 65.0. The fourth-order valence-electron chi connectivity index (χ4n) is 13.0. The highest BCUT2D eigenvalue weighted by Gasteiger charge is 2.25. The van der Waals surface area contributed by atoms with Crippen molar-refractivity contribution < 1.29 is 29.7 Å². The average molecular weight is 1310 g/mol. The van der Waals surface area contributed by atoms with Gasteiger partial charge in [-0.3, -0.25) is 0 Å². The quantitative estimate of drug-likeness (QED) is 0.115. The Bertz CT molecular complexity index is 4480. The number of rotatable bonds is 11. The fourth-order valence-corrected chi connectivity index (χ4v) is 13.0. The zero-order chi connectivity index (χ0) is 76.5. The Morgan fingerprint density at radius 3 is 1.08 bits per heavy atom. The van der Waals surface area contributed by atoms with E-state index in [0.29, 0.717) is 22.8 Å². The van der Waals surface area contributed by atoms with E-state index in [-0.39, 0.29) is 5.41 Å².